The van der Waals surface area contributed by atoms with Gasteiger partial charge in [0.15, 0.2) is 15.0 Å². The number of benzene rings is 1. The first kappa shape index (κ1) is 20.2. The zero-order valence-corrected chi connectivity index (χ0v) is 15.6. The maximum absolute atomic E-state index is 14.1. The van der Waals surface area contributed by atoms with Gasteiger partial charge in [-0.1, -0.05) is 17.4 Å². The molecule has 0 aliphatic rings. The number of aryl methyl sites for hydroxylation is 1. The van der Waals surface area contributed by atoms with E-state index in [1.807, 2.05) is 0 Å². The highest BCUT2D eigenvalue weighted by Gasteiger charge is 2.17. The fraction of sp³-hybridized carbons (Fsp3) is 0.333. The molecule has 0 saturated carbocycles. The molecule has 1 aromatic heterocycles. The molecule has 1 aromatic carbocycles. The first-order chi connectivity index (χ1) is 12.1. The lowest BCUT2D eigenvalue weighted by Crippen LogP contribution is -2.36. The summed E-state index contributed by atoms with van der Waals surface area (Å²) in [5.74, 6) is -0.858. The van der Waals surface area contributed by atoms with E-state index in [9.17, 15) is 22.7 Å². The molecule has 0 fully saturated rings. The molecular formula is C15H18FN3O5S2. The van der Waals surface area contributed by atoms with Crippen molar-refractivity contribution in [3.63, 3.8) is 0 Å². The van der Waals surface area contributed by atoms with Gasteiger partial charge < -0.3 is 15.5 Å². The summed E-state index contributed by atoms with van der Waals surface area (Å²) in [7, 11) is -3.66. The van der Waals surface area contributed by atoms with Gasteiger partial charge in [-0.2, -0.15) is 0 Å². The number of halogens is 1. The van der Waals surface area contributed by atoms with E-state index < -0.39 is 34.4 Å². The van der Waals surface area contributed by atoms with Crippen LogP contribution in [0, 0.1) is 12.7 Å². The molecule has 0 bridgehead atoms. The molecule has 2 rings (SSSR count). The number of carbonyl (C=O) groups is 1. The Kier molecular flexibility index (Phi) is 6.29. The summed E-state index contributed by atoms with van der Waals surface area (Å²) in [5, 5.41) is 23.0. The van der Waals surface area contributed by atoms with Crippen molar-refractivity contribution in [3.8, 4) is 10.4 Å². The summed E-state index contributed by atoms with van der Waals surface area (Å²) in [6.07, 6.45) is -0.136. The molecule has 0 aliphatic heterocycles. The molecule has 142 valence electrons. The summed E-state index contributed by atoms with van der Waals surface area (Å²) in [6.45, 7) is 1.07. The predicted octanol–water partition coefficient (Wildman–Crippen LogP) is 1.14. The number of nitrogens with zero attached hydrogens (tertiary/aromatic N) is 1. The molecular weight excluding hydrogens is 385 g/mol. The van der Waals surface area contributed by atoms with Gasteiger partial charge in [0.25, 0.3) is 0 Å². The molecule has 2 amide bonds. The van der Waals surface area contributed by atoms with Crippen LogP contribution in [0.25, 0.3) is 10.4 Å². The normalized spacial score (nSPS) is 12.7. The van der Waals surface area contributed by atoms with E-state index in [0.717, 1.165) is 23.7 Å². The largest absolute Gasteiger partial charge is 0.394 e. The average Bonchev–Trinajstić information content (AvgIpc) is 2.91. The van der Waals surface area contributed by atoms with Crippen LogP contribution < -0.4 is 10.6 Å². The topological polar surface area (TPSA) is 129 Å². The SMILES string of the molecule is Cc1nc(NC(=O)NCC(O)CO)sc1-c1ccc(S(C)(=O)=O)c(F)c1. The monoisotopic (exact) mass is 403 g/mol. The molecule has 2 aromatic rings. The fourth-order valence-corrected chi connectivity index (χ4v) is 3.76. The van der Waals surface area contributed by atoms with Crippen molar-refractivity contribution < 1.29 is 27.8 Å². The molecule has 8 nitrogen and oxygen atoms in total. The van der Waals surface area contributed by atoms with Crippen molar-refractivity contribution in [1.29, 1.82) is 0 Å². The third-order valence-electron chi connectivity index (χ3n) is 3.32. The number of aliphatic hydroxyl groups excluding tert-OH is 2. The minimum atomic E-state index is -3.66. The van der Waals surface area contributed by atoms with E-state index in [-0.39, 0.29) is 16.6 Å². The number of aromatic nitrogens is 1. The lowest BCUT2D eigenvalue weighted by Gasteiger charge is -2.08. The maximum Gasteiger partial charge on any atom is 0.321 e. The smallest absolute Gasteiger partial charge is 0.321 e. The number of aliphatic hydroxyl groups is 2. The van der Waals surface area contributed by atoms with Gasteiger partial charge in [-0.3, -0.25) is 5.32 Å². The molecule has 0 saturated heterocycles. The van der Waals surface area contributed by atoms with Crippen LogP contribution in [0.2, 0.25) is 0 Å². The zero-order chi connectivity index (χ0) is 19.5. The molecule has 26 heavy (non-hydrogen) atoms. The van der Waals surface area contributed by atoms with Gasteiger partial charge in [0.05, 0.1) is 23.3 Å². The number of thiazole rings is 1. The predicted molar refractivity (Wildman–Crippen MR) is 95.5 cm³/mol. The van der Waals surface area contributed by atoms with Crippen LogP contribution in [0.3, 0.4) is 0 Å². The van der Waals surface area contributed by atoms with Gasteiger partial charge >= 0.3 is 6.03 Å². The number of amides is 2. The van der Waals surface area contributed by atoms with Crippen LogP contribution in [0.5, 0.6) is 0 Å². The molecule has 0 radical (unpaired) electrons. The first-order valence-electron chi connectivity index (χ1n) is 7.43. The van der Waals surface area contributed by atoms with E-state index in [2.05, 4.69) is 15.6 Å². The summed E-state index contributed by atoms with van der Waals surface area (Å²) in [4.78, 5) is 16.1. The van der Waals surface area contributed by atoms with Crippen LogP contribution in [-0.2, 0) is 9.84 Å². The maximum atomic E-state index is 14.1. The lowest BCUT2D eigenvalue weighted by atomic mass is 10.1. The van der Waals surface area contributed by atoms with Gasteiger partial charge in [0.2, 0.25) is 0 Å². The van der Waals surface area contributed by atoms with Crippen LogP contribution in [-0.4, -0.2) is 55.2 Å². The fourth-order valence-electron chi connectivity index (χ4n) is 2.08. The average molecular weight is 403 g/mol. The highest BCUT2D eigenvalue weighted by molar-refractivity contribution is 7.90. The van der Waals surface area contributed by atoms with E-state index >= 15 is 0 Å². The Morgan fingerprint density at radius 2 is 2.12 bits per heavy atom. The summed E-state index contributed by atoms with van der Waals surface area (Å²) in [5.41, 5.74) is 0.973. The zero-order valence-electron chi connectivity index (χ0n) is 14.0. The Bertz CT molecular complexity index is 914. The molecule has 11 heteroatoms. The minimum absolute atomic E-state index is 0.127. The second-order valence-electron chi connectivity index (χ2n) is 5.52. The molecule has 0 aliphatic carbocycles. The van der Waals surface area contributed by atoms with E-state index in [1.54, 1.807) is 6.92 Å². The van der Waals surface area contributed by atoms with Gasteiger partial charge in [0, 0.05) is 12.8 Å². The van der Waals surface area contributed by atoms with E-state index in [1.165, 1.54) is 12.1 Å². The summed E-state index contributed by atoms with van der Waals surface area (Å²) < 4.78 is 37.0. The van der Waals surface area contributed by atoms with E-state index in [4.69, 9.17) is 5.11 Å². The highest BCUT2D eigenvalue weighted by atomic mass is 32.2. The second-order valence-corrected chi connectivity index (χ2v) is 8.51. The number of sulfone groups is 1. The van der Waals surface area contributed by atoms with E-state index in [0.29, 0.717) is 16.1 Å². The molecule has 1 atom stereocenters. The number of hydrogen-bond acceptors (Lipinski definition) is 7. The molecule has 4 N–H and O–H groups in total. The lowest BCUT2D eigenvalue weighted by molar-refractivity contribution is 0.0965. The number of anilines is 1. The van der Waals surface area contributed by atoms with Gasteiger partial charge in [0.1, 0.15) is 10.7 Å². The standard InChI is InChI=1S/C15H18FN3O5S2/c1-8-13(9-3-4-12(11(16)5-9)26(2,23)24)25-15(18-8)19-14(22)17-6-10(21)7-20/h3-5,10,20-21H,6-7H2,1-2H3,(H2,17,18,19,22). The first-order valence-corrected chi connectivity index (χ1v) is 10.1. The number of nitrogens with one attached hydrogen (secondary N) is 2. The van der Waals surface area contributed by atoms with Crippen LogP contribution in [0.1, 0.15) is 5.69 Å². The van der Waals surface area contributed by atoms with Crippen molar-refractivity contribution in [2.24, 2.45) is 0 Å². The Balaban J connectivity index is 2.18. The Hall–Kier alpha value is -2.08. The number of carbonyl (C=O) groups excluding carboxylic acids is 1. The van der Waals surface area contributed by atoms with Crippen molar-refractivity contribution in [2.75, 3.05) is 24.7 Å². The highest BCUT2D eigenvalue weighted by Crippen LogP contribution is 2.34. The minimum Gasteiger partial charge on any atom is -0.394 e. The Morgan fingerprint density at radius 1 is 1.42 bits per heavy atom. The van der Waals surface area contributed by atoms with Gasteiger partial charge in [-0.15, -0.1) is 0 Å². The Labute approximate surface area is 153 Å². The molecule has 1 unspecified atom stereocenters. The van der Waals surface area contributed by atoms with Crippen LogP contribution >= 0.6 is 11.3 Å². The third kappa shape index (κ3) is 4.97. The second kappa shape index (κ2) is 8.08. The van der Waals surface area contributed by atoms with Crippen LogP contribution in [0.4, 0.5) is 14.3 Å². The third-order valence-corrected chi connectivity index (χ3v) is 5.57. The van der Waals surface area contributed by atoms with Crippen molar-refractivity contribution in [1.82, 2.24) is 10.3 Å². The molecule has 0 spiro atoms. The van der Waals surface area contributed by atoms with Gasteiger partial charge in [-0.25, -0.2) is 22.6 Å². The number of urea groups is 1. The quantitative estimate of drug-likeness (QED) is 0.572. The van der Waals surface area contributed by atoms with Gasteiger partial charge in [-0.05, 0) is 24.6 Å². The number of rotatable bonds is 6. The van der Waals surface area contributed by atoms with Crippen molar-refractivity contribution in [3.05, 3.63) is 29.7 Å². The van der Waals surface area contributed by atoms with Crippen LogP contribution in [0.15, 0.2) is 23.1 Å². The molecule has 1 heterocycles. The summed E-state index contributed by atoms with van der Waals surface area (Å²) >= 11 is 1.09. The Morgan fingerprint density at radius 3 is 2.69 bits per heavy atom. The summed E-state index contributed by atoms with van der Waals surface area (Å²) in [6, 6.07) is 3.16. The van der Waals surface area contributed by atoms with Crippen molar-refractivity contribution >= 4 is 32.3 Å². The number of hydrogen-bond donors (Lipinski definition) is 4. The van der Waals surface area contributed by atoms with Crippen molar-refractivity contribution in [2.45, 2.75) is 17.9 Å².